The molecule has 96 valence electrons. The maximum atomic E-state index is 13.7. The lowest BCUT2D eigenvalue weighted by atomic mass is 9.86. The second-order valence-electron chi connectivity index (χ2n) is 6.23. The van der Waals surface area contributed by atoms with E-state index < -0.39 is 0 Å². The molecule has 1 saturated carbocycles. The summed E-state index contributed by atoms with van der Waals surface area (Å²) >= 11 is 0. The van der Waals surface area contributed by atoms with Crippen molar-refractivity contribution in [3.05, 3.63) is 35.1 Å². The van der Waals surface area contributed by atoms with Gasteiger partial charge in [0.15, 0.2) is 0 Å². The summed E-state index contributed by atoms with van der Waals surface area (Å²) in [5.74, 6) is 6.77. The number of hydrogen-bond acceptors (Lipinski definition) is 0. The first-order valence-electron chi connectivity index (χ1n) is 6.76. The van der Waals surface area contributed by atoms with Gasteiger partial charge in [-0.2, -0.15) is 0 Å². The van der Waals surface area contributed by atoms with Gasteiger partial charge in [0.05, 0.1) is 5.56 Å². The molecule has 0 unspecified atom stereocenters. The van der Waals surface area contributed by atoms with Gasteiger partial charge in [0.25, 0.3) is 0 Å². The lowest BCUT2D eigenvalue weighted by Crippen LogP contribution is -2.11. The lowest BCUT2D eigenvalue weighted by Gasteiger charge is -2.19. The quantitative estimate of drug-likeness (QED) is 0.663. The van der Waals surface area contributed by atoms with Crippen molar-refractivity contribution in [2.24, 2.45) is 5.92 Å². The normalized spacial score (nSPS) is 15.1. The Morgan fingerprint density at radius 2 is 2.00 bits per heavy atom. The molecular weight excluding hydrogens is 223 g/mol. The van der Waals surface area contributed by atoms with Crippen LogP contribution in [0.3, 0.4) is 0 Å². The van der Waals surface area contributed by atoms with Gasteiger partial charge in [0, 0.05) is 6.42 Å². The molecule has 0 aromatic heterocycles. The molecule has 0 radical (unpaired) electrons. The highest BCUT2D eigenvalue weighted by molar-refractivity contribution is 5.40. The molecule has 0 spiro atoms. The number of rotatable bonds is 2. The minimum Gasteiger partial charge on any atom is -0.206 e. The zero-order valence-electron chi connectivity index (χ0n) is 11.5. The molecule has 0 bridgehead atoms. The first-order valence-corrected chi connectivity index (χ1v) is 6.76. The summed E-state index contributed by atoms with van der Waals surface area (Å²) in [5.41, 5.74) is 1.71. The molecule has 0 saturated heterocycles. The Hall–Kier alpha value is -1.29. The topological polar surface area (TPSA) is 0 Å². The van der Waals surface area contributed by atoms with Gasteiger partial charge in [-0.25, -0.2) is 4.39 Å². The van der Waals surface area contributed by atoms with Crippen LogP contribution in [0, 0.1) is 23.6 Å². The Balaban J connectivity index is 2.10. The van der Waals surface area contributed by atoms with Gasteiger partial charge in [-0.15, -0.1) is 0 Å². The molecule has 0 atom stereocenters. The Morgan fingerprint density at radius 3 is 2.61 bits per heavy atom. The van der Waals surface area contributed by atoms with Gasteiger partial charge >= 0.3 is 0 Å². The SMILES string of the molecule is CC(C)(C)c1ccc(F)c(C#CCCC2CC2)c1. The van der Waals surface area contributed by atoms with Crippen LogP contribution < -0.4 is 0 Å². The minimum atomic E-state index is -0.207. The van der Waals surface area contributed by atoms with Crippen molar-refractivity contribution in [1.82, 2.24) is 0 Å². The van der Waals surface area contributed by atoms with Gasteiger partial charge < -0.3 is 0 Å². The molecule has 2 rings (SSSR count). The van der Waals surface area contributed by atoms with Gasteiger partial charge in [-0.3, -0.25) is 0 Å². The Bertz CT molecular complexity index is 479. The summed E-state index contributed by atoms with van der Waals surface area (Å²) in [7, 11) is 0. The molecule has 0 N–H and O–H groups in total. The minimum absolute atomic E-state index is 0.0398. The average Bonchev–Trinajstić information content (AvgIpc) is 3.09. The van der Waals surface area contributed by atoms with E-state index >= 15 is 0 Å². The molecule has 0 nitrogen and oxygen atoms in total. The van der Waals surface area contributed by atoms with E-state index in [1.165, 1.54) is 25.3 Å². The first kappa shape index (κ1) is 13.1. The molecule has 0 heterocycles. The number of hydrogen-bond donors (Lipinski definition) is 0. The molecule has 1 aromatic rings. The summed E-state index contributed by atoms with van der Waals surface area (Å²) in [4.78, 5) is 0. The van der Waals surface area contributed by atoms with E-state index in [0.717, 1.165) is 17.9 Å². The van der Waals surface area contributed by atoms with Gasteiger partial charge in [-0.05, 0) is 35.4 Å². The van der Waals surface area contributed by atoms with Crippen LogP contribution in [0.25, 0.3) is 0 Å². The zero-order valence-corrected chi connectivity index (χ0v) is 11.5. The van der Waals surface area contributed by atoms with Crippen LogP contribution in [0.1, 0.15) is 57.6 Å². The summed E-state index contributed by atoms with van der Waals surface area (Å²) < 4.78 is 13.7. The summed E-state index contributed by atoms with van der Waals surface area (Å²) in [6, 6.07) is 5.27. The first-order chi connectivity index (χ1) is 8.47. The number of halogens is 1. The maximum absolute atomic E-state index is 13.7. The third-order valence-corrected chi connectivity index (χ3v) is 3.43. The maximum Gasteiger partial charge on any atom is 0.138 e. The van der Waals surface area contributed by atoms with Crippen molar-refractivity contribution in [1.29, 1.82) is 0 Å². The van der Waals surface area contributed by atoms with Crippen molar-refractivity contribution in [3.63, 3.8) is 0 Å². The van der Waals surface area contributed by atoms with Crippen molar-refractivity contribution in [2.75, 3.05) is 0 Å². The molecule has 1 aromatic carbocycles. The lowest BCUT2D eigenvalue weighted by molar-refractivity contribution is 0.581. The molecular formula is C17H21F. The molecule has 1 aliphatic rings. The highest BCUT2D eigenvalue weighted by Crippen LogP contribution is 2.33. The van der Waals surface area contributed by atoms with Crippen LogP contribution in [0.2, 0.25) is 0 Å². The fourth-order valence-electron chi connectivity index (χ4n) is 1.93. The van der Waals surface area contributed by atoms with Crippen molar-refractivity contribution >= 4 is 0 Å². The zero-order chi connectivity index (χ0) is 13.2. The standard InChI is InChI=1S/C17H21F/c1-17(2,3)15-10-11-16(18)14(12-15)7-5-4-6-13-8-9-13/h10-13H,4,6,8-9H2,1-3H3. The van der Waals surface area contributed by atoms with Crippen LogP contribution in [0.4, 0.5) is 4.39 Å². The van der Waals surface area contributed by atoms with E-state index in [1.54, 1.807) is 0 Å². The molecule has 0 amide bonds. The van der Waals surface area contributed by atoms with Crippen LogP contribution in [-0.2, 0) is 5.41 Å². The number of benzene rings is 1. The van der Waals surface area contributed by atoms with Crippen molar-refractivity contribution in [3.8, 4) is 11.8 Å². The fraction of sp³-hybridized carbons (Fsp3) is 0.529. The summed E-state index contributed by atoms with van der Waals surface area (Å²) in [6.07, 6.45) is 4.78. The second kappa shape index (κ2) is 5.14. The van der Waals surface area contributed by atoms with E-state index in [1.807, 2.05) is 12.1 Å². The highest BCUT2D eigenvalue weighted by atomic mass is 19.1. The van der Waals surface area contributed by atoms with E-state index in [4.69, 9.17) is 0 Å². The van der Waals surface area contributed by atoms with E-state index in [9.17, 15) is 4.39 Å². The average molecular weight is 244 g/mol. The van der Waals surface area contributed by atoms with Crippen LogP contribution in [0.5, 0.6) is 0 Å². The van der Waals surface area contributed by atoms with Gasteiger partial charge in [0.2, 0.25) is 0 Å². The molecule has 1 heteroatoms. The predicted molar refractivity (Wildman–Crippen MR) is 73.9 cm³/mol. The van der Waals surface area contributed by atoms with E-state index in [-0.39, 0.29) is 11.2 Å². The van der Waals surface area contributed by atoms with Crippen LogP contribution in [0.15, 0.2) is 18.2 Å². The monoisotopic (exact) mass is 244 g/mol. The Kier molecular flexibility index (Phi) is 3.76. The molecule has 18 heavy (non-hydrogen) atoms. The Labute approximate surface area is 110 Å². The highest BCUT2D eigenvalue weighted by Gasteiger charge is 2.19. The van der Waals surface area contributed by atoms with Gasteiger partial charge in [-0.1, -0.05) is 51.5 Å². The van der Waals surface area contributed by atoms with Crippen LogP contribution >= 0.6 is 0 Å². The molecule has 1 aliphatic carbocycles. The van der Waals surface area contributed by atoms with E-state index in [2.05, 4.69) is 32.6 Å². The second-order valence-corrected chi connectivity index (χ2v) is 6.23. The van der Waals surface area contributed by atoms with E-state index in [0.29, 0.717) is 5.56 Å². The third kappa shape index (κ3) is 3.60. The fourth-order valence-corrected chi connectivity index (χ4v) is 1.93. The smallest absolute Gasteiger partial charge is 0.138 e. The molecule has 1 fully saturated rings. The largest absolute Gasteiger partial charge is 0.206 e. The van der Waals surface area contributed by atoms with Crippen molar-refractivity contribution < 1.29 is 4.39 Å². The van der Waals surface area contributed by atoms with Crippen LogP contribution in [-0.4, -0.2) is 0 Å². The van der Waals surface area contributed by atoms with Crippen molar-refractivity contribution in [2.45, 2.75) is 51.9 Å². The predicted octanol–water partition coefficient (Wildman–Crippen LogP) is 4.66. The van der Waals surface area contributed by atoms with Gasteiger partial charge in [0.1, 0.15) is 5.82 Å². The third-order valence-electron chi connectivity index (χ3n) is 3.43. The summed E-state index contributed by atoms with van der Waals surface area (Å²) in [5, 5.41) is 0. The Morgan fingerprint density at radius 1 is 1.28 bits per heavy atom. The summed E-state index contributed by atoms with van der Waals surface area (Å²) in [6.45, 7) is 6.39. The molecule has 0 aliphatic heterocycles.